The van der Waals surface area contributed by atoms with Crippen LogP contribution in [0.2, 0.25) is 0 Å². The largest absolute Gasteiger partial charge is 0.434 e. The molecule has 1 heterocycles. The normalized spacial score (nSPS) is 11.7. The predicted octanol–water partition coefficient (Wildman–Crippen LogP) is 4.57. The maximum Gasteiger partial charge on any atom is 0.434 e. The van der Waals surface area contributed by atoms with Gasteiger partial charge in [-0.15, -0.1) is 12.6 Å². The lowest BCUT2D eigenvalue weighted by atomic mass is 10.0. The molecule has 3 aromatic rings. The van der Waals surface area contributed by atoms with Gasteiger partial charge >= 0.3 is 6.18 Å². The smallest absolute Gasteiger partial charge is 0.398 e. The highest BCUT2D eigenvalue weighted by Gasteiger charge is 2.34. The van der Waals surface area contributed by atoms with Crippen LogP contribution in [0.25, 0.3) is 11.4 Å². The van der Waals surface area contributed by atoms with Crippen molar-refractivity contribution in [2.45, 2.75) is 17.5 Å². The fraction of sp³-hybridized carbons (Fsp3) is 0.167. The minimum Gasteiger partial charge on any atom is -0.398 e. The van der Waals surface area contributed by atoms with Crippen LogP contribution < -0.4 is 5.73 Å². The Morgan fingerprint density at radius 1 is 1.12 bits per heavy atom. The van der Waals surface area contributed by atoms with E-state index in [0.717, 1.165) is 22.2 Å². The summed E-state index contributed by atoms with van der Waals surface area (Å²) in [6.07, 6.45) is -2.83. The molecule has 0 aliphatic rings. The van der Waals surface area contributed by atoms with Gasteiger partial charge in [-0.25, -0.2) is 4.98 Å². The van der Waals surface area contributed by atoms with Crippen LogP contribution >= 0.6 is 12.6 Å². The number of imidazole rings is 1. The van der Waals surface area contributed by atoms with Gasteiger partial charge in [0.25, 0.3) is 0 Å². The van der Waals surface area contributed by atoms with E-state index in [1.807, 2.05) is 24.3 Å². The molecule has 0 bridgehead atoms. The molecule has 0 amide bonds. The van der Waals surface area contributed by atoms with Gasteiger partial charge < -0.3 is 10.3 Å². The van der Waals surface area contributed by atoms with E-state index >= 15 is 0 Å². The standard InChI is InChI=1S/C18H16F3N3S/c1-24-10-15(18(19,20)21)23-17(24)12-7-5-11(6-8-12)9-13-3-2-4-14(22)16(13)25/h2-8,10,25H,9,22H2,1H3. The summed E-state index contributed by atoms with van der Waals surface area (Å²) < 4.78 is 39.7. The zero-order valence-electron chi connectivity index (χ0n) is 13.4. The van der Waals surface area contributed by atoms with Crippen LogP contribution in [0, 0.1) is 0 Å². The molecule has 0 radical (unpaired) electrons. The molecule has 0 fully saturated rings. The lowest BCUT2D eigenvalue weighted by molar-refractivity contribution is -0.140. The number of thiol groups is 1. The SMILES string of the molecule is Cn1cc(C(F)(F)F)nc1-c1ccc(Cc2cccc(N)c2S)cc1. The number of anilines is 1. The topological polar surface area (TPSA) is 43.8 Å². The molecule has 3 nitrogen and oxygen atoms in total. The molecular weight excluding hydrogens is 347 g/mol. The van der Waals surface area contributed by atoms with Crippen LogP contribution in [0.15, 0.2) is 53.6 Å². The molecule has 130 valence electrons. The third-order valence-electron chi connectivity index (χ3n) is 3.92. The number of aromatic nitrogens is 2. The summed E-state index contributed by atoms with van der Waals surface area (Å²) in [7, 11) is 1.55. The monoisotopic (exact) mass is 363 g/mol. The van der Waals surface area contributed by atoms with Crippen molar-refractivity contribution in [3.8, 4) is 11.4 Å². The maximum absolute atomic E-state index is 12.8. The Morgan fingerprint density at radius 2 is 1.80 bits per heavy atom. The predicted molar refractivity (Wildman–Crippen MR) is 94.6 cm³/mol. The molecule has 25 heavy (non-hydrogen) atoms. The molecule has 0 aliphatic carbocycles. The Balaban J connectivity index is 1.86. The number of nitrogens with zero attached hydrogens (tertiary/aromatic N) is 2. The Kier molecular flexibility index (Phi) is 4.51. The molecule has 0 atom stereocenters. The van der Waals surface area contributed by atoms with Gasteiger partial charge in [0, 0.05) is 29.4 Å². The summed E-state index contributed by atoms with van der Waals surface area (Å²) in [6, 6.07) is 12.9. The van der Waals surface area contributed by atoms with E-state index in [9.17, 15) is 13.2 Å². The van der Waals surface area contributed by atoms with E-state index in [1.54, 1.807) is 25.2 Å². The van der Waals surface area contributed by atoms with Gasteiger partial charge in [-0.2, -0.15) is 13.2 Å². The van der Waals surface area contributed by atoms with Crippen molar-refractivity contribution in [1.29, 1.82) is 0 Å². The fourth-order valence-corrected chi connectivity index (χ4v) is 2.84. The van der Waals surface area contributed by atoms with Crippen LogP contribution in [0.3, 0.4) is 0 Å². The molecule has 0 saturated carbocycles. The summed E-state index contributed by atoms with van der Waals surface area (Å²) in [5, 5.41) is 0. The summed E-state index contributed by atoms with van der Waals surface area (Å²) in [5.74, 6) is 0.276. The minimum atomic E-state index is -4.45. The van der Waals surface area contributed by atoms with Crippen molar-refractivity contribution in [3.63, 3.8) is 0 Å². The first-order valence-corrected chi connectivity index (χ1v) is 7.96. The van der Waals surface area contributed by atoms with Gasteiger partial charge in [-0.05, 0) is 23.6 Å². The molecule has 1 aromatic heterocycles. The third-order valence-corrected chi connectivity index (χ3v) is 4.47. The van der Waals surface area contributed by atoms with E-state index in [1.165, 1.54) is 4.57 Å². The van der Waals surface area contributed by atoms with E-state index < -0.39 is 11.9 Å². The molecule has 0 spiro atoms. The zero-order valence-corrected chi connectivity index (χ0v) is 14.3. The Bertz CT molecular complexity index is 899. The van der Waals surface area contributed by atoms with Crippen molar-refractivity contribution in [3.05, 3.63) is 65.5 Å². The van der Waals surface area contributed by atoms with Gasteiger partial charge in [-0.1, -0.05) is 36.4 Å². The van der Waals surface area contributed by atoms with E-state index in [4.69, 9.17) is 5.73 Å². The number of benzene rings is 2. The molecule has 2 aromatic carbocycles. The van der Waals surface area contributed by atoms with Gasteiger partial charge in [-0.3, -0.25) is 0 Å². The van der Waals surface area contributed by atoms with Crippen molar-refractivity contribution in [1.82, 2.24) is 9.55 Å². The molecular formula is C18H16F3N3S. The summed E-state index contributed by atoms with van der Waals surface area (Å²) >= 11 is 4.42. The van der Waals surface area contributed by atoms with Crippen LogP contribution in [-0.4, -0.2) is 9.55 Å². The fourth-order valence-electron chi connectivity index (χ4n) is 2.62. The van der Waals surface area contributed by atoms with Crippen molar-refractivity contribution in [2.24, 2.45) is 7.05 Å². The van der Waals surface area contributed by atoms with Crippen molar-refractivity contribution >= 4 is 18.3 Å². The average Bonchev–Trinajstić information content (AvgIpc) is 2.95. The second kappa shape index (κ2) is 6.48. The van der Waals surface area contributed by atoms with Crippen LogP contribution in [0.1, 0.15) is 16.8 Å². The molecule has 7 heteroatoms. The number of nitrogen functional groups attached to an aromatic ring is 1. The lowest BCUT2D eigenvalue weighted by Crippen LogP contribution is -2.04. The Labute approximate surface area is 148 Å². The van der Waals surface area contributed by atoms with Crippen LogP contribution in [0.4, 0.5) is 18.9 Å². The highest BCUT2D eigenvalue weighted by atomic mass is 32.1. The van der Waals surface area contributed by atoms with Gasteiger partial charge in [0.2, 0.25) is 0 Å². The Morgan fingerprint density at radius 3 is 2.40 bits per heavy atom. The molecule has 3 rings (SSSR count). The van der Waals surface area contributed by atoms with Crippen LogP contribution in [0.5, 0.6) is 0 Å². The lowest BCUT2D eigenvalue weighted by Gasteiger charge is -2.08. The molecule has 0 aliphatic heterocycles. The number of alkyl halides is 3. The van der Waals surface area contributed by atoms with Crippen molar-refractivity contribution < 1.29 is 13.2 Å². The number of nitrogens with two attached hydrogens (primary N) is 1. The third kappa shape index (κ3) is 3.66. The van der Waals surface area contributed by atoms with E-state index in [0.29, 0.717) is 17.7 Å². The highest BCUT2D eigenvalue weighted by Crippen LogP contribution is 2.31. The van der Waals surface area contributed by atoms with Crippen molar-refractivity contribution in [2.75, 3.05) is 5.73 Å². The first kappa shape index (κ1) is 17.4. The molecule has 2 N–H and O–H groups in total. The summed E-state index contributed by atoms with van der Waals surface area (Å²) in [6.45, 7) is 0. The number of hydrogen-bond acceptors (Lipinski definition) is 3. The highest BCUT2D eigenvalue weighted by molar-refractivity contribution is 7.80. The first-order chi connectivity index (χ1) is 11.8. The number of rotatable bonds is 3. The number of hydrogen-bond donors (Lipinski definition) is 2. The van der Waals surface area contributed by atoms with Gasteiger partial charge in [0.05, 0.1) is 0 Å². The number of halogens is 3. The van der Waals surface area contributed by atoms with Gasteiger partial charge in [0.1, 0.15) is 5.82 Å². The minimum absolute atomic E-state index is 0.276. The molecule has 0 unspecified atom stereocenters. The Hall–Kier alpha value is -2.41. The average molecular weight is 363 g/mol. The van der Waals surface area contributed by atoms with Gasteiger partial charge in [0.15, 0.2) is 5.69 Å². The zero-order chi connectivity index (χ0) is 18.2. The van der Waals surface area contributed by atoms with E-state index in [-0.39, 0.29) is 5.82 Å². The summed E-state index contributed by atoms with van der Waals surface area (Å²) in [4.78, 5) is 4.44. The van der Waals surface area contributed by atoms with E-state index in [2.05, 4.69) is 17.6 Å². The molecule has 0 saturated heterocycles. The second-order valence-corrected chi connectivity index (χ2v) is 6.23. The maximum atomic E-state index is 12.8. The van der Waals surface area contributed by atoms with Crippen LogP contribution in [-0.2, 0) is 19.6 Å². The number of aryl methyl sites for hydroxylation is 1. The quantitative estimate of drug-likeness (QED) is 0.529. The second-order valence-electron chi connectivity index (χ2n) is 5.79. The first-order valence-electron chi connectivity index (χ1n) is 7.52. The summed E-state index contributed by atoms with van der Waals surface area (Å²) in [5.41, 5.74) is 8.20.